The third kappa shape index (κ3) is 2.60. The first-order chi connectivity index (χ1) is 8.50. The van der Waals surface area contributed by atoms with Crippen molar-refractivity contribution in [1.29, 1.82) is 0 Å². The molecule has 0 aliphatic rings. The number of hydrogen-bond donors (Lipinski definition) is 1. The van der Waals surface area contributed by atoms with E-state index in [2.05, 4.69) is 35.5 Å². The van der Waals surface area contributed by atoms with Gasteiger partial charge in [0.15, 0.2) is 4.77 Å². The highest BCUT2D eigenvalue weighted by atomic mass is 35.5. The third-order valence-electron chi connectivity index (χ3n) is 3.12. The molecule has 1 N–H and O–H groups in total. The van der Waals surface area contributed by atoms with Gasteiger partial charge < -0.3 is 14.5 Å². The number of halogens is 1. The molecule has 1 atom stereocenters. The zero-order valence-corrected chi connectivity index (χ0v) is 12.5. The molecule has 1 unspecified atom stereocenters. The van der Waals surface area contributed by atoms with Gasteiger partial charge in [0.05, 0.1) is 16.1 Å². The second-order valence-electron chi connectivity index (χ2n) is 4.88. The lowest BCUT2D eigenvalue weighted by Crippen LogP contribution is -2.17. The van der Waals surface area contributed by atoms with E-state index in [4.69, 9.17) is 23.8 Å². The number of aromatic amines is 1. The molecule has 0 fully saturated rings. The molecule has 2 aromatic rings. The Balaban J connectivity index is 2.43. The zero-order chi connectivity index (χ0) is 13.3. The van der Waals surface area contributed by atoms with Crippen molar-refractivity contribution in [3.63, 3.8) is 0 Å². The Morgan fingerprint density at radius 2 is 2.17 bits per heavy atom. The second kappa shape index (κ2) is 5.43. The van der Waals surface area contributed by atoms with Crippen molar-refractivity contribution in [2.45, 2.75) is 19.4 Å². The normalized spacial score (nSPS) is 13.4. The first kappa shape index (κ1) is 13.6. The average molecular weight is 284 g/mol. The maximum Gasteiger partial charge on any atom is 0.178 e. The SMILES string of the molecule is CC(CCN(C)C)n1c(=S)[nH]c2cccc(Cl)c21. The van der Waals surface area contributed by atoms with Crippen molar-refractivity contribution < 1.29 is 0 Å². The van der Waals surface area contributed by atoms with Crippen LogP contribution in [0.1, 0.15) is 19.4 Å². The molecule has 0 saturated carbocycles. The first-order valence-corrected chi connectivity index (χ1v) is 6.83. The lowest BCUT2D eigenvalue weighted by atomic mass is 10.2. The van der Waals surface area contributed by atoms with E-state index >= 15 is 0 Å². The first-order valence-electron chi connectivity index (χ1n) is 6.04. The summed E-state index contributed by atoms with van der Waals surface area (Å²) >= 11 is 11.7. The van der Waals surface area contributed by atoms with Crippen LogP contribution in [0.25, 0.3) is 11.0 Å². The zero-order valence-electron chi connectivity index (χ0n) is 10.9. The predicted molar refractivity (Wildman–Crippen MR) is 80.0 cm³/mol. The summed E-state index contributed by atoms with van der Waals surface area (Å²) in [6.45, 7) is 3.20. The van der Waals surface area contributed by atoms with Crippen LogP contribution < -0.4 is 0 Å². The van der Waals surface area contributed by atoms with E-state index in [1.54, 1.807) is 0 Å². The number of aromatic nitrogens is 2. The van der Waals surface area contributed by atoms with Gasteiger partial charge >= 0.3 is 0 Å². The molecule has 0 saturated heterocycles. The van der Waals surface area contributed by atoms with Crippen molar-refractivity contribution in [1.82, 2.24) is 14.5 Å². The summed E-state index contributed by atoms with van der Waals surface area (Å²) in [5, 5.41) is 0.747. The summed E-state index contributed by atoms with van der Waals surface area (Å²) in [4.78, 5) is 5.39. The van der Waals surface area contributed by atoms with Gasteiger partial charge in [0.25, 0.3) is 0 Å². The molecule has 0 radical (unpaired) electrons. The van der Waals surface area contributed by atoms with E-state index in [0.29, 0.717) is 6.04 Å². The Morgan fingerprint density at radius 3 is 2.83 bits per heavy atom. The summed E-state index contributed by atoms with van der Waals surface area (Å²) in [5.41, 5.74) is 2.01. The molecule has 1 aromatic carbocycles. The molecule has 2 rings (SSSR count). The number of H-pyrrole nitrogens is 1. The van der Waals surface area contributed by atoms with E-state index in [-0.39, 0.29) is 0 Å². The lowest BCUT2D eigenvalue weighted by molar-refractivity contribution is 0.359. The van der Waals surface area contributed by atoms with Crippen LogP contribution in [0.3, 0.4) is 0 Å². The number of fused-ring (bicyclic) bond motifs is 1. The number of imidazole rings is 1. The van der Waals surface area contributed by atoms with Gasteiger partial charge in [0.2, 0.25) is 0 Å². The number of rotatable bonds is 4. The molecule has 0 spiro atoms. The van der Waals surface area contributed by atoms with Crippen LogP contribution in [0.4, 0.5) is 0 Å². The number of hydrogen-bond acceptors (Lipinski definition) is 2. The summed E-state index contributed by atoms with van der Waals surface area (Å²) < 4.78 is 2.86. The number of benzene rings is 1. The number of nitrogens with one attached hydrogen (secondary N) is 1. The van der Waals surface area contributed by atoms with Crippen molar-refractivity contribution in [3.8, 4) is 0 Å². The van der Waals surface area contributed by atoms with Gasteiger partial charge in [0, 0.05) is 6.04 Å². The van der Waals surface area contributed by atoms with Crippen LogP contribution in [0.15, 0.2) is 18.2 Å². The molecule has 0 bridgehead atoms. The Kier molecular flexibility index (Phi) is 4.10. The maximum absolute atomic E-state index is 6.28. The Labute approximate surface area is 117 Å². The van der Waals surface area contributed by atoms with E-state index < -0.39 is 0 Å². The molecule has 3 nitrogen and oxygen atoms in total. The molecule has 0 aliphatic heterocycles. The van der Waals surface area contributed by atoms with Gasteiger partial charge in [0.1, 0.15) is 0 Å². The highest BCUT2D eigenvalue weighted by molar-refractivity contribution is 7.71. The van der Waals surface area contributed by atoms with Crippen molar-refractivity contribution in [2.75, 3.05) is 20.6 Å². The summed E-state index contributed by atoms with van der Waals surface area (Å²) in [6.07, 6.45) is 1.04. The van der Waals surface area contributed by atoms with Gasteiger partial charge in [-0.3, -0.25) is 0 Å². The highest BCUT2D eigenvalue weighted by Gasteiger charge is 2.13. The lowest BCUT2D eigenvalue weighted by Gasteiger charge is -2.17. The monoisotopic (exact) mass is 283 g/mol. The van der Waals surface area contributed by atoms with Gasteiger partial charge in [-0.1, -0.05) is 17.7 Å². The van der Waals surface area contributed by atoms with Crippen molar-refractivity contribution in [2.24, 2.45) is 0 Å². The third-order valence-corrected chi connectivity index (χ3v) is 3.73. The maximum atomic E-state index is 6.28. The summed E-state index contributed by atoms with van der Waals surface area (Å²) in [7, 11) is 4.16. The number of para-hydroxylation sites is 1. The van der Waals surface area contributed by atoms with Crippen LogP contribution in [0.5, 0.6) is 0 Å². The van der Waals surface area contributed by atoms with Crippen molar-refractivity contribution >= 4 is 34.9 Å². The topological polar surface area (TPSA) is 24.0 Å². The van der Waals surface area contributed by atoms with Crippen molar-refractivity contribution in [3.05, 3.63) is 28.0 Å². The molecule has 1 aromatic heterocycles. The Bertz CT molecular complexity index is 600. The van der Waals surface area contributed by atoms with Crippen LogP contribution in [0, 0.1) is 4.77 Å². The minimum absolute atomic E-state index is 0.327. The Hall–Kier alpha value is -0.840. The average Bonchev–Trinajstić information content (AvgIpc) is 2.63. The molecule has 0 aliphatic carbocycles. The minimum Gasteiger partial charge on any atom is -0.331 e. The van der Waals surface area contributed by atoms with Gasteiger partial charge in [-0.25, -0.2) is 0 Å². The molecular weight excluding hydrogens is 266 g/mol. The van der Waals surface area contributed by atoms with Gasteiger partial charge in [-0.2, -0.15) is 0 Å². The summed E-state index contributed by atoms with van der Waals surface area (Å²) in [5.74, 6) is 0. The smallest absolute Gasteiger partial charge is 0.178 e. The second-order valence-corrected chi connectivity index (χ2v) is 5.67. The fourth-order valence-electron chi connectivity index (χ4n) is 2.13. The molecular formula is C13H18ClN3S. The van der Waals surface area contributed by atoms with E-state index in [1.165, 1.54) is 0 Å². The fourth-order valence-corrected chi connectivity index (χ4v) is 2.78. The van der Waals surface area contributed by atoms with E-state index in [9.17, 15) is 0 Å². The molecule has 5 heteroatoms. The van der Waals surface area contributed by atoms with E-state index in [0.717, 1.165) is 33.8 Å². The largest absolute Gasteiger partial charge is 0.331 e. The van der Waals surface area contributed by atoms with Crippen LogP contribution >= 0.6 is 23.8 Å². The molecule has 1 heterocycles. The molecule has 98 valence electrons. The van der Waals surface area contributed by atoms with Gasteiger partial charge in [-0.15, -0.1) is 0 Å². The quantitative estimate of drug-likeness (QED) is 0.862. The standard InChI is InChI=1S/C13H18ClN3S/c1-9(7-8-16(2)3)17-12-10(14)5-4-6-11(12)15-13(17)18/h4-6,9H,7-8H2,1-3H3,(H,15,18). The van der Waals surface area contributed by atoms with Crippen LogP contribution in [-0.2, 0) is 0 Å². The van der Waals surface area contributed by atoms with Gasteiger partial charge in [-0.05, 0) is 58.3 Å². The van der Waals surface area contributed by atoms with E-state index in [1.807, 2.05) is 18.2 Å². The van der Waals surface area contributed by atoms with Crippen LogP contribution in [-0.4, -0.2) is 35.1 Å². The predicted octanol–water partition coefficient (Wildman–Crippen LogP) is 3.86. The fraction of sp³-hybridized carbons (Fsp3) is 0.462. The Morgan fingerprint density at radius 1 is 1.44 bits per heavy atom. The molecule has 0 amide bonds. The highest BCUT2D eigenvalue weighted by Crippen LogP contribution is 2.27. The summed E-state index contributed by atoms with van der Waals surface area (Å²) in [6, 6.07) is 6.17. The number of nitrogens with zero attached hydrogens (tertiary/aromatic N) is 2. The van der Waals surface area contributed by atoms with Crippen LogP contribution in [0.2, 0.25) is 5.02 Å². The molecule has 18 heavy (non-hydrogen) atoms. The minimum atomic E-state index is 0.327.